The molecule has 4 N–H and O–H groups in total. The minimum Gasteiger partial charge on any atom is -0.496 e. The van der Waals surface area contributed by atoms with Crippen LogP contribution in [0.25, 0.3) is 0 Å². The second-order valence-corrected chi connectivity index (χ2v) is 5.11. The van der Waals surface area contributed by atoms with Crippen LogP contribution in [0.1, 0.15) is 31.2 Å². The average Bonchev–Trinajstić information content (AvgIpc) is 2.47. The van der Waals surface area contributed by atoms with Crippen molar-refractivity contribution in [3.8, 4) is 5.75 Å². The maximum atomic E-state index is 5.46. The number of nitrogen functional groups attached to an aromatic ring is 1. The van der Waals surface area contributed by atoms with Gasteiger partial charge in [-0.3, -0.25) is 0 Å². The average molecular weight is 287 g/mol. The summed E-state index contributed by atoms with van der Waals surface area (Å²) in [7, 11) is 1.66. The van der Waals surface area contributed by atoms with E-state index in [0.717, 1.165) is 22.8 Å². The van der Waals surface area contributed by atoms with Crippen molar-refractivity contribution in [3.05, 3.63) is 35.7 Å². The summed E-state index contributed by atoms with van der Waals surface area (Å²) in [5.74, 6) is 8.55. The van der Waals surface area contributed by atoms with E-state index in [2.05, 4.69) is 20.7 Å². The van der Waals surface area contributed by atoms with Crippen molar-refractivity contribution in [1.29, 1.82) is 0 Å². The second kappa shape index (κ2) is 6.41. The standard InChI is InChI=1S/C15H21N5O/c1-9(2)15-18-13(8-14(19-15)20-16)17-11-5-6-12(21-4)10(3)7-11/h5-9H,16H2,1-4H3,(H2,17,18,19,20). The van der Waals surface area contributed by atoms with Gasteiger partial charge in [0.2, 0.25) is 0 Å². The van der Waals surface area contributed by atoms with E-state index in [4.69, 9.17) is 10.6 Å². The summed E-state index contributed by atoms with van der Waals surface area (Å²) in [6.45, 7) is 6.07. The van der Waals surface area contributed by atoms with Gasteiger partial charge in [-0.1, -0.05) is 13.8 Å². The van der Waals surface area contributed by atoms with E-state index in [1.165, 1.54) is 0 Å². The van der Waals surface area contributed by atoms with Gasteiger partial charge >= 0.3 is 0 Å². The Balaban J connectivity index is 2.30. The molecule has 1 aromatic carbocycles. The zero-order valence-electron chi connectivity index (χ0n) is 12.8. The monoisotopic (exact) mass is 287 g/mol. The fourth-order valence-corrected chi connectivity index (χ4v) is 1.97. The van der Waals surface area contributed by atoms with Crippen LogP contribution >= 0.6 is 0 Å². The highest BCUT2D eigenvalue weighted by molar-refractivity contribution is 5.61. The Morgan fingerprint density at radius 1 is 1.14 bits per heavy atom. The van der Waals surface area contributed by atoms with Crippen molar-refractivity contribution in [2.45, 2.75) is 26.7 Å². The highest BCUT2D eigenvalue weighted by Gasteiger charge is 2.08. The number of hydrogen-bond acceptors (Lipinski definition) is 6. The maximum absolute atomic E-state index is 5.46. The Morgan fingerprint density at radius 2 is 1.86 bits per heavy atom. The van der Waals surface area contributed by atoms with Gasteiger partial charge in [-0.2, -0.15) is 0 Å². The molecule has 112 valence electrons. The molecule has 0 aliphatic heterocycles. The van der Waals surface area contributed by atoms with Crippen molar-refractivity contribution in [2.24, 2.45) is 5.84 Å². The molecular formula is C15H21N5O. The van der Waals surface area contributed by atoms with Crippen LogP contribution in [0.15, 0.2) is 24.3 Å². The van der Waals surface area contributed by atoms with Gasteiger partial charge in [-0.25, -0.2) is 15.8 Å². The van der Waals surface area contributed by atoms with Crippen molar-refractivity contribution >= 4 is 17.3 Å². The Bertz CT molecular complexity index is 627. The van der Waals surface area contributed by atoms with E-state index in [0.29, 0.717) is 11.6 Å². The fraction of sp³-hybridized carbons (Fsp3) is 0.333. The Labute approximate surface area is 124 Å². The molecule has 0 saturated heterocycles. The summed E-state index contributed by atoms with van der Waals surface area (Å²) < 4.78 is 5.26. The molecule has 0 fully saturated rings. The molecule has 1 heterocycles. The molecule has 0 amide bonds. The quantitative estimate of drug-likeness (QED) is 0.579. The van der Waals surface area contributed by atoms with Crippen LogP contribution in [0.2, 0.25) is 0 Å². The Hall–Kier alpha value is -2.34. The molecular weight excluding hydrogens is 266 g/mol. The van der Waals surface area contributed by atoms with E-state index in [1.807, 2.05) is 39.0 Å². The molecule has 0 aliphatic rings. The number of methoxy groups -OCH3 is 1. The molecule has 0 spiro atoms. The minimum absolute atomic E-state index is 0.219. The fourth-order valence-electron chi connectivity index (χ4n) is 1.97. The highest BCUT2D eigenvalue weighted by atomic mass is 16.5. The number of rotatable bonds is 5. The molecule has 6 nitrogen and oxygen atoms in total. The number of aromatic nitrogens is 2. The molecule has 0 bridgehead atoms. The summed E-state index contributed by atoms with van der Waals surface area (Å²) in [4.78, 5) is 8.83. The summed E-state index contributed by atoms with van der Waals surface area (Å²) in [6.07, 6.45) is 0. The number of hydrazine groups is 1. The zero-order chi connectivity index (χ0) is 15.4. The van der Waals surface area contributed by atoms with Gasteiger partial charge in [0, 0.05) is 17.7 Å². The topological polar surface area (TPSA) is 85.1 Å². The maximum Gasteiger partial charge on any atom is 0.145 e. The van der Waals surface area contributed by atoms with E-state index in [1.54, 1.807) is 13.2 Å². The number of nitrogens with two attached hydrogens (primary N) is 1. The summed E-state index contributed by atoms with van der Waals surface area (Å²) in [5, 5.41) is 3.26. The lowest BCUT2D eigenvalue weighted by Gasteiger charge is -2.12. The molecule has 21 heavy (non-hydrogen) atoms. The molecule has 0 aliphatic carbocycles. The van der Waals surface area contributed by atoms with E-state index in [-0.39, 0.29) is 5.92 Å². The van der Waals surface area contributed by atoms with Crippen LogP contribution < -0.4 is 21.3 Å². The van der Waals surface area contributed by atoms with Gasteiger partial charge < -0.3 is 15.5 Å². The van der Waals surface area contributed by atoms with Crippen LogP contribution in [0.3, 0.4) is 0 Å². The third-order valence-corrected chi connectivity index (χ3v) is 3.07. The predicted molar refractivity (Wildman–Crippen MR) is 84.9 cm³/mol. The first-order valence-electron chi connectivity index (χ1n) is 6.80. The summed E-state index contributed by atoms with van der Waals surface area (Å²) in [6, 6.07) is 7.64. The van der Waals surface area contributed by atoms with Gasteiger partial charge in [-0.15, -0.1) is 0 Å². The van der Waals surface area contributed by atoms with E-state index < -0.39 is 0 Å². The SMILES string of the molecule is COc1ccc(Nc2cc(NN)nc(C(C)C)n2)cc1C. The number of anilines is 3. The molecule has 0 saturated carbocycles. The zero-order valence-corrected chi connectivity index (χ0v) is 12.8. The first-order chi connectivity index (χ1) is 10.0. The van der Waals surface area contributed by atoms with Gasteiger partial charge in [0.15, 0.2) is 0 Å². The van der Waals surface area contributed by atoms with Gasteiger partial charge in [0.05, 0.1) is 7.11 Å². The van der Waals surface area contributed by atoms with Gasteiger partial charge in [0.1, 0.15) is 23.2 Å². The Kier molecular flexibility index (Phi) is 4.59. The number of benzene rings is 1. The van der Waals surface area contributed by atoms with Gasteiger partial charge in [-0.05, 0) is 30.7 Å². The van der Waals surface area contributed by atoms with E-state index in [9.17, 15) is 0 Å². The van der Waals surface area contributed by atoms with Crippen molar-refractivity contribution in [3.63, 3.8) is 0 Å². The molecule has 6 heteroatoms. The Morgan fingerprint density at radius 3 is 2.43 bits per heavy atom. The largest absolute Gasteiger partial charge is 0.496 e. The number of hydrogen-bond donors (Lipinski definition) is 3. The molecule has 0 atom stereocenters. The lowest BCUT2D eigenvalue weighted by atomic mass is 10.2. The lowest BCUT2D eigenvalue weighted by Crippen LogP contribution is -2.12. The van der Waals surface area contributed by atoms with Crippen molar-refractivity contribution in [1.82, 2.24) is 9.97 Å². The van der Waals surface area contributed by atoms with Crippen molar-refractivity contribution < 1.29 is 4.74 Å². The van der Waals surface area contributed by atoms with Crippen LogP contribution in [-0.2, 0) is 0 Å². The third-order valence-electron chi connectivity index (χ3n) is 3.07. The third kappa shape index (κ3) is 3.61. The molecule has 0 unspecified atom stereocenters. The molecule has 1 aromatic heterocycles. The van der Waals surface area contributed by atoms with Crippen LogP contribution in [0, 0.1) is 6.92 Å². The number of nitrogens with zero attached hydrogens (tertiary/aromatic N) is 2. The first kappa shape index (κ1) is 15.1. The van der Waals surface area contributed by atoms with Crippen LogP contribution in [0.4, 0.5) is 17.3 Å². The first-order valence-corrected chi connectivity index (χ1v) is 6.80. The molecule has 2 aromatic rings. The molecule has 0 radical (unpaired) electrons. The summed E-state index contributed by atoms with van der Waals surface area (Å²) in [5.41, 5.74) is 4.56. The lowest BCUT2D eigenvalue weighted by molar-refractivity contribution is 0.412. The molecule has 2 rings (SSSR count). The normalized spacial score (nSPS) is 10.6. The minimum atomic E-state index is 0.219. The smallest absolute Gasteiger partial charge is 0.145 e. The van der Waals surface area contributed by atoms with Crippen LogP contribution in [0.5, 0.6) is 5.75 Å². The predicted octanol–water partition coefficient (Wildman–Crippen LogP) is 2.95. The van der Waals surface area contributed by atoms with E-state index >= 15 is 0 Å². The second-order valence-electron chi connectivity index (χ2n) is 5.11. The van der Waals surface area contributed by atoms with Crippen LogP contribution in [-0.4, -0.2) is 17.1 Å². The summed E-state index contributed by atoms with van der Waals surface area (Å²) >= 11 is 0. The van der Waals surface area contributed by atoms with Gasteiger partial charge in [0.25, 0.3) is 0 Å². The number of nitrogens with one attached hydrogen (secondary N) is 2. The number of ether oxygens (including phenoxy) is 1. The van der Waals surface area contributed by atoms with Crippen molar-refractivity contribution in [2.75, 3.05) is 17.9 Å². The number of aryl methyl sites for hydroxylation is 1. The highest BCUT2D eigenvalue weighted by Crippen LogP contribution is 2.25.